The molecule has 6 nitrogen and oxygen atoms in total. The molecule has 0 amide bonds. The maximum absolute atomic E-state index is 12.6. The number of rotatable bonds is 8. The number of nitrogens with zero attached hydrogens (tertiary/aromatic N) is 2. The van der Waals surface area contributed by atoms with Crippen LogP contribution in [0, 0.1) is 0 Å². The Bertz CT molecular complexity index is 1220. The van der Waals surface area contributed by atoms with Crippen molar-refractivity contribution in [2.45, 2.75) is 48.9 Å². The Balaban J connectivity index is 1.65. The summed E-state index contributed by atoms with van der Waals surface area (Å²) in [6.07, 6.45) is 4.35. The third-order valence-corrected chi connectivity index (χ3v) is 8.15. The maximum atomic E-state index is 12.6. The molecule has 2 aliphatic rings. The van der Waals surface area contributed by atoms with Gasteiger partial charge in [0.05, 0.1) is 22.7 Å². The van der Waals surface area contributed by atoms with E-state index in [-0.39, 0.29) is 5.75 Å². The monoisotopic (exact) mass is 530 g/mol. The van der Waals surface area contributed by atoms with E-state index in [0.29, 0.717) is 39.3 Å². The molecule has 0 spiro atoms. The van der Waals surface area contributed by atoms with Crippen LogP contribution < -0.4 is 4.74 Å². The molecular weight excluding hydrogens is 504 g/mol. The molecule has 2 aromatic carbocycles. The van der Waals surface area contributed by atoms with E-state index in [4.69, 9.17) is 4.74 Å². The molecular formula is C25H27BrN2O4S. The average molecular weight is 531 g/mol. The number of phenols is 1. The number of aromatic hydroxyl groups is 1. The van der Waals surface area contributed by atoms with Crippen molar-refractivity contribution in [3.05, 3.63) is 51.6 Å². The minimum absolute atomic E-state index is 0.150. The third-order valence-electron chi connectivity index (χ3n) is 6.55. The van der Waals surface area contributed by atoms with E-state index in [9.17, 15) is 15.0 Å². The molecule has 5 rings (SSSR count). The van der Waals surface area contributed by atoms with E-state index in [0.717, 1.165) is 60.6 Å². The van der Waals surface area contributed by atoms with Crippen molar-refractivity contribution in [1.29, 1.82) is 0 Å². The van der Waals surface area contributed by atoms with Crippen molar-refractivity contribution in [2.75, 3.05) is 20.2 Å². The first-order chi connectivity index (χ1) is 16.0. The zero-order valence-corrected chi connectivity index (χ0v) is 20.9. The quantitative estimate of drug-likeness (QED) is 0.346. The van der Waals surface area contributed by atoms with Crippen molar-refractivity contribution in [3.63, 3.8) is 0 Å². The van der Waals surface area contributed by atoms with Gasteiger partial charge in [-0.15, -0.1) is 11.8 Å². The topological polar surface area (TPSA) is 74.9 Å². The van der Waals surface area contributed by atoms with Gasteiger partial charge in [0.15, 0.2) is 0 Å². The number of carboxylic acids is 1. The van der Waals surface area contributed by atoms with E-state index < -0.39 is 5.97 Å². The van der Waals surface area contributed by atoms with Crippen LogP contribution in [0.1, 0.15) is 53.3 Å². The molecule has 0 radical (unpaired) electrons. The van der Waals surface area contributed by atoms with Crippen LogP contribution in [0.3, 0.4) is 0 Å². The minimum atomic E-state index is -0.940. The Morgan fingerprint density at radius 2 is 2.00 bits per heavy atom. The van der Waals surface area contributed by atoms with Gasteiger partial charge in [0.1, 0.15) is 11.5 Å². The molecule has 8 heteroatoms. The fourth-order valence-corrected chi connectivity index (χ4v) is 6.26. The van der Waals surface area contributed by atoms with Gasteiger partial charge in [0.2, 0.25) is 0 Å². The van der Waals surface area contributed by atoms with Gasteiger partial charge in [0.25, 0.3) is 0 Å². The fraction of sp³-hybridized carbons (Fsp3) is 0.400. The van der Waals surface area contributed by atoms with Crippen LogP contribution in [0.4, 0.5) is 0 Å². The number of benzene rings is 2. The molecule has 33 heavy (non-hydrogen) atoms. The van der Waals surface area contributed by atoms with Gasteiger partial charge >= 0.3 is 5.97 Å². The smallest absolute Gasteiger partial charge is 0.338 e. The SMILES string of the molecule is COc1cccc(SCc2c(C(=O)O)c3c(CN4CCCC4)c(O)c(Br)cc3n2C2CC2)c1. The molecule has 0 bridgehead atoms. The number of phenolic OH excluding ortho intramolecular Hbond substituents is 1. The highest BCUT2D eigenvalue weighted by atomic mass is 79.9. The largest absolute Gasteiger partial charge is 0.506 e. The average Bonchev–Trinajstić information content (AvgIpc) is 3.40. The summed E-state index contributed by atoms with van der Waals surface area (Å²) in [6, 6.07) is 10.0. The second-order valence-electron chi connectivity index (χ2n) is 8.76. The summed E-state index contributed by atoms with van der Waals surface area (Å²) in [5.74, 6) is 0.520. The number of methoxy groups -OCH3 is 1. The molecule has 0 atom stereocenters. The zero-order chi connectivity index (χ0) is 23.1. The molecule has 2 fully saturated rings. The highest BCUT2D eigenvalue weighted by Crippen LogP contribution is 2.47. The number of hydrogen-bond acceptors (Lipinski definition) is 5. The lowest BCUT2D eigenvalue weighted by Crippen LogP contribution is -2.19. The first-order valence-electron chi connectivity index (χ1n) is 11.3. The van der Waals surface area contributed by atoms with E-state index >= 15 is 0 Å². The summed E-state index contributed by atoms with van der Waals surface area (Å²) >= 11 is 5.14. The standard InChI is InChI=1S/C25H27BrN2O4S/c1-32-16-5-4-6-17(11-16)33-14-21-23(25(30)31)22-18(13-27-9-2-3-10-27)24(29)19(26)12-20(22)28(21)15-7-8-15/h4-6,11-12,15,29H,2-3,7-10,13-14H2,1H3,(H,30,31). The molecule has 1 aromatic heterocycles. The van der Waals surface area contributed by atoms with Crippen molar-refractivity contribution in [2.24, 2.45) is 0 Å². The molecule has 2 N–H and O–H groups in total. The summed E-state index contributed by atoms with van der Waals surface area (Å²) in [5.41, 5.74) is 2.75. The normalized spacial score (nSPS) is 16.5. The van der Waals surface area contributed by atoms with E-state index in [1.807, 2.05) is 30.3 Å². The van der Waals surface area contributed by atoms with Crippen LogP contribution >= 0.6 is 27.7 Å². The van der Waals surface area contributed by atoms with Gasteiger partial charge in [-0.1, -0.05) is 6.07 Å². The van der Waals surface area contributed by atoms with Gasteiger partial charge in [-0.3, -0.25) is 4.90 Å². The number of aromatic nitrogens is 1. The van der Waals surface area contributed by atoms with E-state index in [2.05, 4.69) is 25.4 Å². The number of thioether (sulfide) groups is 1. The molecule has 174 valence electrons. The number of ether oxygens (including phenoxy) is 1. The Hall–Kier alpha value is -2.16. The molecule has 1 aliphatic heterocycles. The lowest BCUT2D eigenvalue weighted by atomic mass is 10.0. The summed E-state index contributed by atoms with van der Waals surface area (Å²) in [7, 11) is 1.64. The second kappa shape index (κ2) is 9.24. The number of likely N-dealkylation sites (tertiary alicyclic amines) is 1. The Kier molecular flexibility index (Phi) is 6.33. The highest BCUT2D eigenvalue weighted by molar-refractivity contribution is 9.10. The van der Waals surface area contributed by atoms with Crippen molar-refractivity contribution in [1.82, 2.24) is 9.47 Å². The Morgan fingerprint density at radius 3 is 2.67 bits per heavy atom. The molecule has 0 unspecified atom stereocenters. The minimum Gasteiger partial charge on any atom is -0.506 e. The molecule has 1 aliphatic carbocycles. The van der Waals surface area contributed by atoms with Gasteiger partial charge in [-0.05, 0) is 79.0 Å². The molecule has 3 aromatic rings. The second-order valence-corrected chi connectivity index (χ2v) is 10.7. The van der Waals surface area contributed by atoms with Crippen LogP contribution in [0.25, 0.3) is 10.9 Å². The van der Waals surface area contributed by atoms with Crippen LogP contribution in [0.15, 0.2) is 39.7 Å². The van der Waals surface area contributed by atoms with E-state index in [1.165, 1.54) is 0 Å². The summed E-state index contributed by atoms with van der Waals surface area (Å²) in [4.78, 5) is 16.0. The van der Waals surface area contributed by atoms with Crippen molar-refractivity contribution >= 4 is 44.6 Å². The van der Waals surface area contributed by atoms with Crippen LogP contribution in [-0.2, 0) is 12.3 Å². The number of carboxylic acid groups (broad SMARTS) is 1. The van der Waals surface area contributed by atoms with Crippen molar-refractivity contribution in [3.8, 4) is 11.5 Å². The molecule has 2 heterocycles. The zero-order valence-electron chi connectivity index (χ0n) is 18.5. The molecule has 1 saturated heterocycles. The first-order valence-corrected chi connectivity index (χ1v) is 13.1. The van der Waals surface area contributed by atoms with Gasteiger partial charge in [0, 0.05) is 39.9 Å². The lowest BCUT2D eigenvalue weighted by molar-refractivity contribution is 0.0697. The van der Waals surface area contributed by atoms with E-state index in [1.54, 1.807) is 18.9 Å². The number of carbonyl (C=O) groups is 1. The van der Waals surface area contributed by atoms with Crippen molar-refractivity contribution < 1.29 is 19.7 Å². The Morgan fingerprint density at radius 1 is 1.24 bits per heavy atom. The van der Waals surface area contributed by atoms with Gasteiger partial charge in [-0.2, -0.15) is 0 Å². The summed E-state index contributed by atoms with van der Waals surface area (Å²) in [6.45, 7) is 2.49. The van der Waals surface area contributed by atoms with Gasteiger partial charge < -0.3 is 19.5 Å². The number of aromatic carboxylic acids is 1. The van der Waals surface area contributed by atoms with Gasteiger partial charge in [-0.25, -0.2) is 4.79 Å². The highest BCUT2D eigenvalue weighted by Gasteiger charge is 2.34. The maximum Gasteiger partial charge on any atom is 0.338 e. The summed E-state index contributed by atoms with van der Waals surface area (Å²) < 4.78 is 8.17. The Labute approximate surface area is 205 Å². The summed E-state index contributed by atoms with van der Waals surface area (Å²) in [5, 5.41) is 22.0. The third kappa shape index (κ3) is 4.36. The number of hydrogen-bond donors (Lipinski definition) is 2. The van der Waals surface area contributed by atoms with Crippen LogP contribution in [0.2, 0.25) is 0 Å². The molecule has 1 saturated carbocycles. The number of fused-ring (bicyclic) bond motifs is 1. The predicted molar refractivity (Wildman–Crippen MR) is 134 cm³/mol. The van der Waals surface area contributed by atoms with Crippen LogP contribution in [-0.4, -0.2) is 45.8 Å². The first kappa shape index (κ1) is 22.6. The fourth-order valence-electron chi connectivity index (χ4n) is 4.84. The lowest BCUT2D eigenvalue weighted by Gasteiger charge is -2.18. The van der Waals surface area contributed by atoms with Crippen LogP contribution in [0.5, 0.6) is 11.5 Å². The number of halogens is 1. The predicted octanol–water partition coefficient (Wildman–Crippen LogP) is 6.04.